The van der Waals surface area contributed by atoms with Crippen molar-refractivity contribution < 1.29 is 19.4 Å². The van der Waals surface area contributed by atoms with Crippen LogP contribution in [0.4, 0.5) is 0 Å². The van der Waals surface area contributed by atoms with Crippen LogP contribution in [0, 0.1) is 0 Å². The van der Waals surface area contributed by atoms with E-state index in [0.717, 1.165) is 11.1 Å². The van der Waals surface area contributed by atoms with Crippen LogP contribution in [0.15, 0.2) is 48.8 Å². The van der Waals surface area contributed by atoms with Crippen LogP contribution in [0.25, 0.3) is 0 Å². The Kier molecular flexibility index (Phi) is 5.75. The topological polar surface area (TPSA) is 79.7 Å². The predicted molar refractivity (Wildman–Crippen MR) is 93.2 cm³/mol. The fourth-order valence-corrected chi connectivity index (χ4v) is 2.14. The van der Waals surface area contributed by atoms with Crippen LogP contribution in [-0.4, -0.2) is 39.5 Å². The van der Waals surface area contributed by atoms with Gasteiger partial charge < -0.3 is 14.7 Å². The lowest BCUT2D eigenvalue weighted by atomic mass is 10.0. The number of likely N-dealkylation sites (N-methyl/N-ethyl adjacent to an activating group) is 1. The van der Waals surface area contributed by atoms with Gasteiger partial charge in [0, 0.05) is 25.0 Å². The van der Waals surface area contributed by atoms with Crippen LogP contribution in [-0.2, 0) is 22.6 Å². The molecule has 0 unspecified atom stereocenters. The average molecular weight is 342 g/mol. The highest BCUT2D eigenvalue weighted by Crippen LogP contribution is 2.18. The summed E-state index contributed by atoms with van der Waals surface area (Å²) in [5.74, 6) is -0.664. The SMILES string of the molecule is CN(C(=O)Cc1cccc(OCc2cccnc2)c1)C(C)(C)C(=O)O. The number of benzene rings is 1. The molecule has 0 bridgehead atoms. The average Bonchev–Trinajstić information content (AvgIpc) is 2.60. The Bertz CT molecular complexity index is 744. The Labute approximate surface area is 147 Å². The number of hydrogen-bond acceptors (Lipinski definition) is 4. The smallest absolute Gasteiger partial charge is 0.329 e. The standard InChI is InChI=1S/C19H22N2O4/c1-19(2,18(23)24)21(3)17(22)11-14-6-4-8-16(10-14)25-13-15-7-5-9-20-12-15/h4-10,12H,11,13H2,1-3H3,(H,23,24). The van der Waals surface area contributed by atoms with Crippen molar-refractivity contribution in [3.63, 3.8) is 0 Å². The lowest BCUT2D eigenvalue weighted by Gasteiger charge is -2.31. The van der Waals surface area contributed by atoms with Crippen LogP contribution in [0.3, 0.4) is 0 Å². The van der Waals surface area contributed by atoms with Crippen LogP contribution in [0.2, 0.25) is 0 Å². The van der Waals surface area contributed by atoms with E-state index in [0.29, 0.717) is 12.4 Å². The monoisotopic (exact) mass is 342 g/mol. The van der Waals surface area contributed by atoms with Gasteiger partial charge in [0.2, 0.25) is 5.91 Å². The molecule has 2 rings (SSSR count). The second kappa shape index (κ2) is 7.79. The molecule has 0 aliphatic heterocycles. The summed E-state index contributed by atoms with van der Waals surface area (Å²) in [6, 6.07) is 11.0. The molecule has 1 heterocycles. The minimum absolute atomic E-state index is 0.108. The highest BCUT2D eigenvalue weighted by atomic mass is 16.5. The Morgan fingerprint density at radius 2 is 1.92 bits per heavy atom. The summed E-state index contributed by atoms with van der Waals surface area (Å²) in [7, 11) is 1.50. The lowest BCUT2D eigenvalue weighted by Crippen LogP contribution is -2.51. The van der Waals surface area contributed by atoms with Gasteiger partial charge in [0.15, 0.2) is 0 Å². The molecular weight excluding hydrogens is 320 g/mol. The number of aliphatic carboxylic acids is 1. The molecule has 0 radical (unpaired) electrons. The number of carbonyl (C=O) groups is 2. The number of amides is 1. The summed E-state index contributed by atoms with van der Waals surface area (Å²) in [5.41, 5.74) is 0.458. The van der Waals surface area contributed by atoms with Crippen LogP contribution in [0.1, 0.15) is 25.0 Å². The van der Waals surface area contributed by atoms with E-state index in [9.17, 15) is 14.7 Å². The fourth-order valence-electron chi connectivity index (χ4n) is 2.14. The van der Waals surface area contributed by atoms with Gasteiger partial charge in [0.25, 0.3) is 0 Å². The fraction of sp³-hybridized carbons (Fsp3) is 0.316. The van der Waals surface area contributed by atoms with Crippen molar-refractivity contribution in [3.05, 3.63) is 59.9 Å². The molecule has 0 aliphatic carbocycles. The van der Waals surface area contributed by atoms with Crippen LogP contribution in [0.5, 0.6) is 5.75 Å². The molecule has 25 heavy (non-hydrogen) atoms. The molecule has 132 valence electrons. The van der Waals surface area contributed by atoms with E-state index in [4.69, 9.17) is 4.74 Å². The first-order chi connectivity index (χ1) is 11.8. The Hall–Kier alpha value is -2.89. The summed E-state index contributed by atoms with van der Waals surface area (Å²) in [6.07, 6.45) is 3.54. The zero-order valence-electron chi connectivity index (χ0n) is 14.6. The summed E-state index contributed by atoms with van der Waals surface area (Å²) < 4.78 is 5.72. The van der Waals surface area contributed by atoms with Gasteiger partial charge in [-0.15, -0.1) is 0 Å². The number of ether oxygens (including phenoxy) is 1. The summed E-state index contributed by atoms with van der Waals surface area (Å²) >= 11 is 0. The minimum atomic E-state index is -1.26. The number of rotatable bonds is 7. The number of carboxylic acid groups (broad SMARTS) is 1. The molecule has 2 aromatic rings. The van der Waals surface area contributed by atoms with E-state index < -0.39 is 11.5 Å². The third-order valence-electron chi connectivity index (χ3n) is 4.12. The van der Waals surface area contributed by atoms with Gasteiger partial charge in [-0.25, -0.2) is 4.79 Å². The number of pyridine rings is 1. The maximum absolute atomic E-state index is 12.4. The van der Waals surface area contributed by atoms with Gasteiger partial charge in [-0.05, 0) is 37.6 Å². The highest BCUT2D eigenvalue weighted by molar-refractivity contribution is 5.87. The van der Waals surface area contributed by atoms with Gasteiger partial charge in [-0.2, -0.15) is 0 Å². The Morgan fingerprint density at radius 3 is 2.56 bits per heavy atom. The number of hydrogen-bond donors (Lipinski definition) is 1. The van der Waals surface area contributed by atoms with Crippen molar-refractivity contribution in [1.82, 2.24) is 9.88 Å². The van der Waals surface area contributed by atoms with Crippen molar-refractivity contribution >= 4 is 11.9 Å². The summed E-state index contributed by atoms with van der Waals surface area (Å²) in [6.45, 7) is 3.39. The molecule has 1 N–H and O–H groups in total. The minimum Gasteiger partial charge on any atom is -0.489 e. The van der Waals surface area contributed by atoms with E-state index in [1.807, 2.05) is 30.3 Å². The van der Waals surface area contributed by atoms with E-state index in [2.05, 4.69) is 4.98 Å². The van der Waals surface area contributed by atoms with E-state index in [1.54, 1.807) is 18.5 Å². The largest absolute Gasteiger partial charge is 0.489 e. The molecule has 0 atom stereocenters. The molecular formula is C19H22N2O4. The zero-order valence-corrected chi connectivity index (χ0v) is 14.6. The Balaban J connectivity index is 2.01. The molecule has 6 nitrogen and oxygen atoms in total. The molecule has 0 saturated carbocycles. The van der Waals surface area contributed by atoms with E-state index in [1.165, 1.54) is 25.8 Å². The van der Waals surface area contributed by atoms with Gasteiger partial charge >= 0.3 is 5.97 Å². The summed E-state index contributed by atoms with van der Waals surface area (Å²) in [4.78, 5) is 28.9. The first-order valence-electron chi connectivity index (χ1n) is 7.91. The number of carbonyl (C=O) groups excluding carboxylic acids is 1. The third-order valence-corrected chi connectivity index (χ3v) is 4.12. The van der Waals surface area contributed by atoms with Crippen molar-refractivity contribution in [2.24, 2.45) is 0 Å². The van der Waals surface area contributed by atoms with Crippen molar-refractivity contribution in [1.29, 1.82) is 0 Å². The lowest BCUT2D eigenvalue weighted by molar-refractivity contribution is -0.155. The van der Waals surface area contributed by atoms with Crippen molar-refractivity contribution in [2.45, 2.75) is 32.4 Å². The quantitative estimate of drug-likeness (QED) is 0.836. The molecule has 0 aliphatic rings. The second-order valence-corrected chi connectivity index (χ2v) is 6.29. The van der Waals surface area contributed by atoms with Crippen molar-refractivity contribution in [2.75, 3.05) is 7.05 Å². The highest BCUT2D eigenvalue weighted by Gasteiger charge is 2.34. The maximum Gasteiger partial charge on any atom is 0.329 e. The van der Waals surface area contributed by atoms with Gasteiger partial charge in [-0.1, -0.05) is 18.2 Å². The Morgan fingerprint density at radius 1 is 1.20 bits per heavy atom. The first kappa shape index (κ1) is 18.4. The zero-order chi connectivity index (χ0) is 18.4. The molecule has 1 amide bonds. The number of aromatic nitrogens is 1. The van der Waals surface area contributed by atoms with Gasteiger partial charge in [-0.3, -0.25) is 9.78 Å². The number of carboxylic acids is 1. The van der Waals surface area contributed by atoms with E-state index >= 15 is 0 Å². The van der Waals surface area contributed by atoms with Crippen molar-refractivity contribution in [3.8, 4) is 5.75 Å². The predicted octanol–water partition coefficient (Wildman–Crippen LogP) is 2.52. The second-order valence-electron chi connectivity index (χ2n) is 6.29. The third kappa shape index (κ3) is 4.79. The molecule has 0 saturated heterocycles. The molecule has 1 aromatic heterocycles. The molecule has 0 fully saturated rings. The van der Waals surface area contributed by atoms with Crippen LogP contribution >= 0.6 is 0 Å². The maximum atomic E-state index is 12.4. The van der Waals surface area contributed by atoms with Crippen LogP contribution < -0.4 is 4.74 Å². The van der Waals surface area contributed by atoms with Gasteiger partial charge in [0.05, 0.1) is 6.42 Å². The first-order valence-corrected chi connectivity index (χ1v) is 7.91. The molecule has 1 aromatic carbocycles. The number of nitrogens with zero attached hydrogens (tertiary/aromatic N) is 2. The van der Waals surface area contributed by atoms with E-state index in [-0.39, 0.29) is 12.3 Å². The normalized spacial score (nSPS) is 11.0. The summed E-state index contributed by atoms with van der Waals surface area (Å²) in [5, 5.41) is 9.23. The van der Waals surface area contributed by atoms with Gasteiger partial charge in [0.1, 0.15) is 17.9 Å². The molecule has 0 spiro atoms. The molecule has 6 heteroatoms.